The zero-order valence-corrected chi connectivity index (χ0v) is 16.7. The summed E-state index contributed by atoms with van der Waals surface area (Å²) in [7, 11) is 1.61. The van der Waals surface area contributed by atoms with Crippen molar-refractivity contribution in [3.8, 4) is 5.75 Å². The molecule has 4 N–H and O–H groups in total. The molecule has 0 spiro atoms. The van der Waals surface area contributed by atoms with E-state index in [2.05, 4.69) is 26.0 Å². The molecule has 0 fully saturated rings. The Bertz CT molecular complexity index is 924. The maximum atomic E-state index is 12.0. The third-order valence-corrected chi connectivity index (χ3v) is 5.30. The maximum absolute atomic E-state index is 12.0. The molecule has 2 heterocycles. The average Bonchev–Trinajstić information content (AvgIpc) is 3.36. The first-order valence-corrected chi connectivity index (χ1v) is 10.1. The smallest absolute Gasteiger partial charge is 0.264 e. The normalized spacial score (nSPS) is 10.9. The Labute approximate surface area is 170 Å². The molecular formula is C17H19N7O2S2. The van der Waals surface area contributed by atoms with Gasteiger partial charge >= 0.3 is 0 Å². The minimum atomic E-state index is -0.131. The summed E-state index contributed by atoms with van der Waals surface area (Å²) in [5.41, 5.74) is 3.71. The van der Waals surface area contributed by atoms with E-state index in [1.807, 2.05) is 41.8 Å². The zero-order chi connectivity index (χ0) is 19.8. The highest BCUT2D eigenvalue weighted by molar-refractivity contribution is 7.99. The van der Waals surface area contributed by atoms with Gasteiger partial charge in [-0.15, -0.1) is 21.5 Å². The number of thiophene rings is 1. The van der Waals surface area contributed by atoms with Gasteiger partial charge in [-0.05, 0) is 29.1 Å². The summed E-state index contributed by atoms with van der Waals surface area (Å²) < 4.78 is 6.36. The standard InChI is InChI=1S/C17H19N7O2S2/c1-26-13-6-4-12(5-7-13)9-19-15(25)11-28-17-23-22-16(24(17)18)21-20-10-14-3-2-8-27-14/h2-8,10H,9,11,18H2,1H3,(H,19,25)(H,21,22)/b20-10+. The molecule has 0 aliphatic heterocycles. The Hall–Kier alpha value is -3.05. The van der Waals surface area contributed by atoms with Gasteiger partial charge in [-0.1, -0.05) is 30.0 Å². The van der Waals surface area contributed by atoms with Gasteiger partial charge in [0.05, 0.1) is 19.1 Å². The second-order valence-corrected chi connectivity index (χ2v) is 7.40. The maximum Gasteiger partial charge on any atom is 0.264 e. The molecule has 3 rings (SSSR count). The predicted molar refractivity (Wildman–Crippen MR) is 111 cm³/mol. The van der Waals surface area contributed by atoms with Crippen LogP contribution in [0.3, 0.4) is 0 Å². The monoisotopic (exact) mass is 417 g/mol. The van der Waals surface area contributed by atoms with Crippen molar-refractivity contribution in [3.63, 3.8) is 0 Å². The molecule has 2 aromatic heterocycles. The number of carbonyl (C=O) groups excluding carboxylic acids is 1. The fourth-order valence-electron chi connectivity index (χ4n) is 2.10. The van der Waals surface area contributed by atoms with E-state index in [0.717, 1.165) is 16.2 Å². The molecule has 11 heteroatoms. The number of carbonyl (C=O) groups is 1. The second-order valence-electron chi connectivity index (χ2n) is 5.48. The van der Waals surface area contributed by atoms with E-state index in [1.54, 1.807) is 24.7 Å². The number of hydrogen-bond acceptors (Lipinski definition) is 9. The van der Waals surface area contributed by atoms with Crippen LogP contribution in [0.15, 0.2) is 52.0 Å². The van der Waals surface area contributed by atoms with Crippen LogP contribution < -0.4 is 21.3 Å². The molecular weight excluding hydrogens is 398 g/mol. The third kappa shape index (κ3) is 5.47. The fourth-order valence-corrected chi connectivity index (χ4v) is 3.37. The number of nitrogen functional groups attached to an aromatic ring is 1. The van der Waals surface area contributed by atoms with Crippen LogP contribution in [0.25, 0.3) is 0 Å². The van der Waals surface area contributed by atoms with Crippen molar-refractivity contribution in [2.45, 2.75) is 11.7 Å². The van der Waals surface area contributed by atoms with Gasteiger partial charge in [0.15, 0.2) is 0 Å². The van der Waals surface area contributed by atoms with E-state index < -0.39 is 0 Å². The van der Waals surface area contributed by atoms with Crippen LogP contribution in [0, 0.1) is 0 Å². The number of rotatable bonds is 9. The van der Waals surface area contributed by atoms with Crippen molar-refractivity contribution in [2.75, 3.05) is 24.1 Å². The van der Waals surface area contributed by atoms with Gasteiger partial charge in [0.1, 0.15) is 5.75 Å². The van der Waals surface area contributed by atoms with Crippen LogP contribution in [-0.2, 0) is 11.3 Å². The highest BCUT2D eigenvalue weighted by Gasteiger charge is 2.11. The summed E-state index contributed by atoms with van der Waals surface area (Å²) >= 11 is 2.76. The van der Waals surface area contributed by atoms with Crippen LogP contribution >= 0.6 is 23.1 Å². The van der Waals surface area contributed by atoms with Crippen molar-refractivity contribution >= 4 is 41.2 Å². The fraction of sp³-hybridized carbons (Fsp3) is 0.176. The Morgan fingerprint density at radius 2 is 2.18 bits per heavy atom. The molecule has 9 nitrogen and oxygen atoms in total. The van der Waals surface area contributed by atoms with E-state index in [0.29, 0.717) is 11.7 Å². The van der Waals surface area contributed by atoms with E-state index in [1.165, 1.54) is 16.4 Å². The number of methoxy groups -OCH3 is 1. The van der Waals surface area contributed by atoms with E-state index in [-0.39, 0.29) is 17.6 Å². The lowest BCUT2D eigenvalue weighted by Gasteiger charge is -2.06. The van der Waals surface area contributed by atoms with Gasteiger partial charge in [0.2, 0.25) is 11.1 Å². The molecule has 0 unspecified atom stereocenters. The number of nitrogens with two attached hydrogens (primary N) is 1. The number of benzene rings is 1. The van der Waals surface area contributed by atoms with Crippen LogP contribution in [0.5, 0.6) is 5.75 Å². The molecule has 0 aliphatic rings. The number of thioether (sulfide) groups is 1. The van der Waals surface area contributed by atoms with E-state index in [9.17, 15) is 4.79 Å². The van der Waals surface area contributed by atoms with Gasteiger partial charge < -0.3 is 15.9 Å². The first-order valence-electron chi connectivity index (χ1n) is 8.21. The molecule has 0 aliphatic carbocycles. The van der Waals surface area contributed by atoms with Crippen molar-refractivity contribution in [2.24, 2.45) is 5.10 Å². The zero-order valence-electron chi connectivity index (χ0n) is 15.0. The SMILES string of the molecule is COc1ccc(CNC(=O)CSc2nnc(N/N=C/c3cccs3)n2N)cc1. The quantitative estimate of drug-likeness (QED) is 0.211. The summed E-state index contributed by atoms with van der Waals surface area (Å²) in [5, 5.41) is 17.2. The molecule has 3 aromatic rings. The number of hydrazone groups is 1. The second kappa shape index (κ2) is 9.76. The first-order chi connectivity index (χ1) is 13.7. The third-order valence-electron chi connectivity index (χ3n) is 3.55. The molecule has 1 amide bonds. The van der Waals surface area contributed by atoms with E-state index in [4.69, 9.17) is 10.6 Å². The summed E-state index contributed by atoms with van der Waals surface area (Å²) in [6, 6.07) is 11.4. The van der Waals surface area contributed by atoms with Gasteiger partial charge in [0.25, 0.3) is 5.95 Å². The van der Waals surface area contributed by atoms with Crippen LogP contribution in [0.4, 0.5) is 5.95 Å². The highest BCUT2D eigenvalue weighted by atomic mass is 32.2. The highest BCUT2D eigenvalue weighted by Crippen LogP contribution is 2.16. The van der Waals surface area contributed by atoms with Crippen LogP contribution in [0.1, 0.15) is 10.4 Å². The molecule has 0 saturated carbocycles. The van der Waals surface area contributed by atoms with Gasteiger partial charge in [0, 0.05) is 11.4 Å². The topological polar surface area (TPSA) is 119 Å². The lowest BCUT2D eigenvalue weighted by Crippen LogP contribution is -2.25. The lowest BCUT2D eigenvalue weighted by molar-refractivity contribution is -0.118. The predicted octanol–water partition coefficient (Wildman–Crippen LogP) is 1.92. The van der Waals surface area contributed by atoms with Crippen molar-refractivity contribution in [1.29, 1.82) is 0 Å². The first kappa shape index (κ1) is 19.7. The Balaban J connectivity index is 1.44. The van der Waals surface area contributed by atoms with Crippen LogP contribution in [-0.4, -0.2) is 39.9 Å². The molecule has 0 saturated heterocycles. The van der Waals surface area contributed by atoms with Gasteiger partial charge in [-0.25, -0.2) is 10.1 Å². The van der Waals surface area contributed by atoms with Crippen molar-refractivity contribution < 1.29 is 9.53 Å². The Morgan fingerprint density at radius 3 is 2.89 bits per heavy atom. The van der Waals surface area contributed by atoms with Gasteiger partial charge in [-0.3, -0.25) is 4.79 Å². The van der Waals surface area contributed by atoms with Crippen LogP contribution in [0.2, 0.25) is 0 Å². The molecule has 0 radical (unpaired) electrons. The average molecular weight is 418 g/mol. The number of nitrogens with zero attached hydrogens (tertiary/aromatic N) is 4. The Kier molecular flexibility index (Phi) is 6.87. The Morgan fingerprint density at radius 1 is 1.36 bits per heavy atom. The summed E-state index contributed by atoms with van der Waals surface area (Å²) in [6.07, 6.45) is 1.67. The molecule has 0 atom stereocenters. The van der Waals surface area contributed by atoms with Crippen molar-refractivity contribution in [1.82, 2.24) is 20.2 Å². The lowest BCUT2D eigenvalue weighted by atomic mass is 10.2. The van der Waals surface area contributed by atoms with E-state index >= 15 is 0 Å². The largest absolute Gasteiger partial charge is 0.497 e. The number of aromatic nitrogens is 3. The minimum absolute atomic E-state index is 0.131. The number of nitrogens with one attached hydrogen (secondary N) is 2. The van der Waals surface area contributed by atoms with Crippen molar-refractivity contribution in [3.05, 3.63) is 52.2 Å². The molecule has 28 heavy (non-hydrogen) atoms. The summed E-state index contributed by atoms with van der Waals surface area (Å²) in [6.45, 7) is 0.433. The number of anilines is 1. The number of ether oxygens (including phenoxy) is 1. The number of hydrogen-bond donors (Lipinski definition) is 3. The molecule has 0 bridgehead atoms. The van der Waals surface area contributed by atoms with Gasteiger partial charge in [-0.2, -0.15) is 5.10 Å². The minimum Gasteiger partial charge on any atom is -0.497 e. The summed E-state index contributed by atoms with van der Waals surface area (Å²) in [4.78, 5) is 13.0. The molecule has 1 aromatic carbocycles. The number of amides is 1. The molecule has 146 valence electrons. The summed E-state index contributed by atoms with van der Waals surface area (Å²) in [5.74, 6) is 7.04.